The highest BCUT2D eigenvalue weighted by atomic mass is 32.2. The number of rotatable bonds is 6. The predicted molar refractivity (Wildman–Crippen MR) is 97.5 cm³/mol. The zero-order valence-corrected chi connectivity index (χ0v) is 16.1. The van der Waals surface area contributed by atoms with Crippen LogP contribution in [0.3, 0.4) is 0 Å². The summed E-state index contributed by atoms with van der Waals surface area (Å²) < 4.78 is 36.2. The minimum absolute atomic E-state index is 0.250. The maximum Gasteiger partial charge on any atom is 0.231 e. The van der Waals surface area contributed by atoms with E-state index >= 15 is 0 Å². The minimum Gasteiger partial charge on any atom is -0.454 e. The Bertz CT molecular complexity index is 747. The molecule has 0 atom stereocenters. The van der Waals surface area contributed by atoms with Crippen molar-refractivity contribution in [2.45, 2.75) is 25.9 Å². The molecule has 1 heterocycles. The molecule has 9 heteroatoms. The third kappa shape index (κ3) is 5.79. The molecular weight excluding hydrogens is 344 g/mol. The van der Waals surface area contributed by atoms with Gasteiger partial charge in [-0.25, -0.2) is 13.1 Å². The van der Waals surface area contributed by atoms with Gasteiger partial charge in [0, 0.05) is 32.7 Å². The Morgan fingerprint density at radius 2 is 2.00 bits per heavy atom. The highest BCUT2D eigenvalue weighted by Gasteiger charge is 2.23. The molecule has 1 aliphatic rings. The van der Waals surface area contributed by atoms with Crippen molar-refractivity contribution in [2.24, 2.45) is 4.99 Å². The number of hydrogen-bond donors (Lipinski definition) is 2. The van der Waals surface area contributed by atoms with E-state index in [2.05, 4.69) is 15.0 Å². The normalized spacial score (nSPS) is 14.5. The number of benzene rings is 1. The van der Waals surface area contributed by atoms with Crippen LogP contribution in [0, 0.1) is 0 Å². The summed E-state index contributed by atoms with van der Waals surface area (Å²) in [5.41, 5.74) is 0.423. The van der Waals surface area contributed by atoms with Gasteiger partial charge in [0.15, 0.2) is 17.5 Å². The van der Waals surface area contributed by atoms with Crippen LogP contribution in [0.5, 0.6) is 11.5 Å². The fourth-order valence-electron chi connectivity index (χ4n) is 2.61. The molecule has 8 nitrogen and oxygen atoms in total. The third-order valence-electron chi connectivity index (χ3n) is 3.58. The van der Waals surface area contributed by atoms with Crippen LogP contribution < -0.4 is 19.5 Å². The molecule has 0 aliphatic carbocycles. The quantitative estimate of drug-likeness (QED) is 0.567. The Morgan fingerprint density at radius 1 is 1.32 bits per heavy atom. The fourth-order valence-corrected chi connectivity index (χ4v) is 3.69. The lowest BCUT2D eigenvalue weighted by Gasteiger charge is -2.29. The van der Waals surface area contributed by atoms with Crippen molar-refractivity contribution in [1.82, 2.24) is 14.9 Å². The van der Waals surface area contributed by atoms with Gasteiger partial charge < -0.3 is 19.7 Å². The maximum absolute atomic E-state index is 11.4. The summed E-state index contributed by atoms with van der Waals surface area (Å²) in [5.74, 6) is 2.16. The maximum atomic E-state index is 11.4. The molecule has 25 heavy (non-hydrogen) atoms. The molecule has 0 unspecified atom stereocenters. The van der Waals surface area contributed by atoms with Crippen molar-refractivity contribution in [3.63, 3.8) is 0 Å². The largest absolute Gasteiger partial charge is 0.454 e. The smallest absolute Gasteiger partial charge is 0.231 e. The molecule has 0 amide bonds. The van der Waals surface area contributed by atoms with E-state index in [0.29, 0.717) is 19.0 Å². The van der Waals surface area contributed by atoms with Gasteiger partial charge in [-0.3, -0.25) is 4.99 Å². The van der Waals surface area contributed by atoms with Crippen molar-refractivity contribution in [3.8, 4) is 11.5 Å². The van der Waals surface area contributed by atoms with Crippen molar-refractivity contribution >= 4 is 16.0 Å². The number of fused-ring (bicyclic) bond motifs is 1. The first kappa shape index (κ1) is 19.3. The van der Waals surface area contributed by atoms with Gasteiger partial charge in [0.2, 0.25) is 16.8 Å². The Hall–Kier alpha value is -2.00. The average Bonchev–Trinajstić information content (AvgIpc) is 2.92. The first-order chi connectivity index (χ1) is 11.6. The van der Waals surface area contributed by atoms with E-state index in [4.69, 9.17) is 9.47 Å². The molecule has 1 aliphatic heterocycles. The van der Waals surface area contributed by atoms with E-state index in [-0.39, 0.29) is 6.79 Å². The van der Waals surface area contributed by atoms with Crippen LogP contribution in [0.25, 0.3) is 0 Å². The van der Waals surface area contributed by atoms with Gasteiger partial charge in [-0.15, -0.1) is 0 Å². The highest BCUT2D eigenvalue weighted by molar-refractivity contribution is 7.88. The molecule has 1 aromatic rings. The van der Waals surface area contributed by atoms with Gasteiger partial charge in [-0.05, 0) is 31.5 Å². The second-order valence-electron chi connectivity index (χ2n) is 6.70. The summed E-state index contributed by atoms with van der Waals surface area (Å²) in [5, 5.41) is 3.20. The van der Waals surface area contributed by atoms with Crippen LogP contribution in [0.4, 0.5) is 0 Å². The Balaban J connectivity index is 1.96. The van der Waals surface area contributed by atoms with Crippen LogP contribution in [0.15, 0.2) is 23.2 Å². The van der Waals surface area contributed by atoms with Gasteiger partial charge in [0.25, 0.3) is 0 Å². The lowest BCUT2D eigenvalue weighted by Crippen LogP contribution is -2.53. The van der Waals surface area contributed by atoms with Crippen LogP contribution in [0.1, 0.15) is 19.4 Å². The third-order valence-corrected chi connectivity index (χ3v) is 4.50. The molecule has 140 valence electrons. The van der Waals surface area contributed by atoms with Crippen molar-refractivity contribution in [1.29, 1.82) is 0 Å². The second-order valence-corrected chi connectivity index (χ2v) is 8.45. The number of nitrogens with one attached hydrogen (secondary N) is 2. The summed E-state index contributed by atoms with van der Waals surface area (Å²) in [6.45, 7) is 4.90. The molecule has 0 spiro atoms. The van der Waals surface area contributed by atoms with Gasteiger partial charge in [0.1, 0.15) is 0 Å². The Kier molecular flexibility index (Phi) is 5.79. The predicted octanol–water partition coefficient (Wildman–Crippen LogP) is 0.750. The number of guanidine groups is 1. The zero-order valence-electron chi connectivity index (χ0n) is 15.3. The molecule has 0 saturated carbocycles. The summed E-state index contributed by atoms with van der Waals surface area (Å²) in [4.78, 5) is 6.21. The number of ether oxygens (including phenoxy) is 2. The van der Waals surface area contributed by atoms with E-state index in [0.717, 1.165) is 23.3 Å². The van der Waals surface area contributed by atoms with E-state index < -0.39 is 15.6 Å². The van der Waals surface area contributed by atoms with Gasteiger partial charge in [-0.2, -0.15) is 0 Å². The van der Waals surface area contributed by atoms with Crippen LogP contribution >= 0.6 is 0 Å². The number of sulfonamides is 1. The van der Waals surface area contributed by atoms with Crippen LogP contribution in [-0.2, 0) is 16.6 Å². The summed E-state index contributed by atoms with van der Waals surface area (Å²) in [6, 6.07) is 5.81. The molecule has 2 N–H and O–H groups in total. The molecule has 0 radical (unpaired) electrons. The summed E-state index contributed by atoms with van der Waals surface area (Å²) in [6.07, 6.45) is 1.15. The molecule has 0 saturated heterocycles. The molecule has 1 aromatic carbocycles. The monoisotopic (exact) mass is 370 g/mol. The summed E-state index contributed by atoms with van der Waals surface area (Å²) in [7, 11) is 0.323. The van der Waals surface area contributed by atoms with Crippen molar-refractivity contribution < 1.29 is 17.9 Å². The minimum atomic E-state index is -3.28. The van der Waals surface area contributed by atoms with Crippen LogP contribution in [0.2, 0.25) is 0 Å². The number of nitrogens with zero attached hydrogens (tertiary/aromatic N) is 2. The fraction of sp³-hybridized carbons (Fsp3) is 0.562. The van der Waals surface area contributed by atoms with E-state index in [1.165, 1.54) is 0 Å². The topological polar surface area (TPSA) is 92.3 Å². The highest BCUT2D eigenvalue weighted by Crippen LogP contribution is 2.32. The number of hydrogen-bond acceptors (Lipinski definition) is 5. The summed E-state index contributed by atoms with van der Waals surface area (Å²) >= 11 is 0. The zero-order chi connectivity index (χ0) is 18.7. The lowest BCUT2D eigenvalue weighted by atomic mass is 10.1. The van der Waals surface area contributed by atoms with Crippen molar-refractivity contribution in [3.05, 3.63) is 23.8 Å². The molecule has 0 aromatic heterocycles. The number of aliphatic imine (C=N–C) groups is 1. The first-order valence-corrected chi connectivity index (χ1v) is 9.78. The Morgan fingerprint density at radius 3 is 2.64 bits per heavy atom. The van der Waals surface area contributed by atoms with Crippen molar-refractivity contribution in [2.75, 3.05) is 33.7 Å². The molecular formula is C16H26N4O4S. The van der Waals surface area contributed by atoms with Crippen LogP contribution in [-0.4, -0.2) is 58.5 Å². The Labute approximate surface area is 149 Å². The van der Waals surface area contributed by atoms with E-state index in [1.54, 1.807) is 7.05 Å². The van der Waals surface area contributed by atoms with E-state index in [1.807, 2.05) is 44.0 Å². The second kappa shape index (κ2) is 7.49. The lowest BCUT2D eigenvalue weighted by molar-refractivity contribution is 0.174. The molecule has 0 fully saturated rings. The van der Waals surface area contributed by atoms with Gasteiger partial charge in [-0.1, -0.05) is 6.07 Å². The molecule has 2 rings (SSSR count). The van der Waals surface area contributed by atoms with E-state index in [9.17, 15) is 8.42 Å². The van der Waals surface area contributed by atoms with Gasteiger partial charge in [0.05, 0.1) is 6.26 Å². The average molecular weight is 370 g/mol. The molecule has 0 bridgehead atoms. The SMILES string of the molecule is CN=C(NCC(C)(C)NS(C)(=O)=O)N(C)Cc1ccc2c(c1)OCO2. The van der Waals surface area contributed by atoms with Gasteiger partial charge >= 0.3 is 0 Å². The first-order valence-electron chi connectivity index (χ1n) is 7.89. The standard InChI is InChI=1S/C16H26N4O4S/c1-16(2,19-25(5,21)22)10-18-15(17-3)20(4)9-12-6-7-13-14(8-12)24-11-23-13/h6-8,19H,9-11H2,1-5H3,(H,17,18).